The molecule has 3 N–H and O–H groups in total. The number of ether oxygens (including phenoxy) is 1. The first kappa shape index (κ1) is 14.6. The van der Waals surface area contributed by atoms with Crippen LogP contribution in [0.4, 0.5) is 15.8 Å². The van der Waals surface area contributed by atoms with Crippen molar-refractivity contribution in [2.45, 2.75) is 26.4 Å². The van der Waals surface area contributed by atoms with Crippen molar-refractivity contribution < 1.29 is 9.13 Å². The van der Waals surface area contributed by atoms with Crippen molar-refractivity contribution in [1.29, 1.82) is 0 Å². The summed E-state index contributed by atoms with van der Waals surface area (Å²) < 4.78 is 19.1. The second kappa shape index (κ2) is 6.56. The molecule has 20 heavy (non-hydrogen) atoms. The van der Waals surface area contributed by atoms with E-state index in [2.05, 4.69) is 10.3 Å². The summed E-state index contributed by atoms with van der Waals surface area (Å²) in [6.07, 6.45) is 2.49. The quantitative estimate of drug-likeness (QED) is 0.803. The maximum Gasteiger partial charge on any atom is 0.167 e. The average Bonchev–Trinajstić information content (AvgIpc) is 2.87. The summed E-state index contributed by atoms with van der Waals surface area (Å²) in [7, 11) is 0. The molecule has 2 rings (SSSR count). The lowest BCUT2D eigenvalue weighted by atomic mass is 10.2. The highest BCUT2D eigenvalue weighted by Gasteiger charge is 2.10. The smallest absolute Gasteiger partial charge is 0.167 e. The largest absolute Gasteiger partial charge is 0.488 e. The number of halogens is 1. The lowest BCUT2D eigenvalue weighted by Gasteiger charge is -2.14. The Morgan fingerprint density at radius 1 is 1.45 bits per heavy atom. The van der Waals surface area contributed by atoms with Gasteiger partial charge in [0, 0.05) is 36.7 Å². The van der Waals surface area contributed by atoms with Crippen molar-refractivity contribution in [2.24, 2.45) is 0 Å². The number of aromatic nitrogens is 1. The monoisotopic (exact) mass is 295 g/mol. The molecule has 0 unspecified atom stereocenters. The highest BCUT2D eigenvalue weighted by Crippen LogP contribution is 2.28. The lowest BCUT2D eigenvalue weighted by molar-refractivity contribution is 0.231. The van der Waals surface area contributed by atoms with Crippen LogP contribution in [-0.2, 0) is 6.42 Å². The maximum atomic E-state index is 13.7. The molecule has 0 amide bonds. The Kier molecular flexibility index (Phi) is 4.79. The van der Waals surface area contributed by atoms with Crippen LogP contribution in [0.1, 0.15) is 18.9 Å². The molecule has 0 fully saturated rings. The van der Waals surface area contributed by atoms with Gasteiger partial charge in [-0.2, -0.15) is 0 Å². The van der Waals surface area contributed by atoms with E-state index in [1.54, 1.807) is 23.6 Å². The Balaban J connectivity index is 2.02. The van der Waals surface area contributed by atoms with Gasteiger partial charge in [-0.25, -0.2) is 9.37 Å². The zero-order valence-electron chi connectivity index (χ0n) is 11.5. The number of nitrogens with two attached hydrogens (primary N) is 1. The van der Waals surface area contributed by atoms with E-state index in [4.69, 9.17) is 10.5 Å². The van der Waals surface area contributed by atoms with Crippen LogP contribution in [0.3, 0.4) is 0 Å². The van der Waals surface area contributed by atoms with E-state index in [9.17, 15) is 4.39 Å². The number of rotatable bonds is 6. The van der Waals surface area contributed by atoms with Gasteiger partial charge in [-0.05, 0) is 13.8 Å². The van der Waals surface area contributed by atoms with Gasteiger partial charge in [0.25, 0.3) is 0 Å². The van der Waals surface area contributed by atoms with Crippen molar-refractivity contribution in [3.05, 3.63) is 34.5 Å². The molecule has 0 saturated heterocycles. The number of thiazole rings is 1. The van der Waals surface area contributed by atoms with Gasteiger partial charge in [-0.15, -0.1) is 11.3 Å². The molecule has 4 nitrogen and oxygen atoms in total. The second-order valence-corrected chi connectivity index (χ2v) is 5.62. The van der Waals surface area contributed by atoms with Gasteiger partial charge >= 0.3 is 0 Å². The number of anilines is 2. The van der Waals surface area contributed by atoms with E-state index >= 15 is 0 Å². The third-order valence-corrected chi connectivity index (χ3v) is 3.44. The fraction of sp³-hybridized carbons (Fsp3) is 0.357. The fourth-order valence-electron chi connectivity index (χ4n) is 1.75. The van der Waals surface area contributed by atoms with Gasteiger partial charge < -0.3 is 15.8 Å². The first-order valence-corrected chi connectivity index (χ1v) is 7.32. The molecule has 1 aromatic carbocycles. The fourth-order valence-corrected chi connectivity index (χ4v) is 2.37. The predicted molar refractivity (Wildman–Crippen MR) is 80.9 cm³/mol. The number of hydrogen-bond donors (Lipinski definition) is 2. The zero-order valence-corrected chi connectivity index (χ0v) is 12.3. The van der Waals surface area contributed by atoms with Crippen molar-refractivity contribution in [3.63, 3.8) is 0 Å². The number of hydrogen-bond acceptors (Lipinski definition) is 5. The molecule has 0 atom stereocenters. The molecule has 0 bridgehead atoms. The molecule has 0 aliphatic heterocycles. The summed E-state index contributed by atoms with van der Waals surface area (Å²) in [6, 6.07) is 2.88. The minimum Gasteiger partial charge on any atom is -0.488 e. The van der Waals surface area contributed by atoms with Crippen LogP contribution in [0.25, 0.3) is 0 Å². The van der Waals surface area contributed by atoms with E-state index in [1.807, 2.05) is 19.2 Å². The molecule has 1 aromatic heterocycles. The Hall–Kier alpha value is -1.82. The van der Waals surface area contributed by atoms with Crippen molar-refractivity contribution in [2.75, 3.05) is 17.6 Å². The van der Waals surface area contributed by atoms with Crippen molar-refractivity contribution in [1.82, 2.24) is 4.98 Å². The Morgan fingerprint density at radius 3 is 2.90 bits per heavy atom. The molecule has 108 valence electrons. The van der Waals surface area contributed by atoms with E-state index < -0.39 is 5.82 Å². The molecule has 1 heterocycles. The van der Waals surface area contributed by atoms with Crippen LogP contribution in [0, 0.1) is 5.82 Å². The molecule has 0 radical (unpaired) electrons. The topological polar surface area (TPSA) is 60.2 Å². The van der Waals surface area contributed by atoms with E-state index in [-0.39, 0.29) is 11.9 Å². The first-order chi connectivity index (χ1) is 9.56. The highest BCUT2D eigenvalue weighted by atomic mass is 32.1. The summed E-state index contributed by atoms with van der Waals surface area (Å²) >= 11 is 1.61. The molecule has 0 spiro atoms. The van der Waals surface area contributed by atoms with E-state index in [0.717, 1.165) is 11.4 Å². The number of benzene rings is 1. The lowest BCUT2D eigenvalue weighted by Crippen LogP contribution is -2.10. The summed E-state index contributed by atoms with van der Waals surface area (Å²) in [5, 5.41) is 6.18. The number of nitrogens with one attached hydrogen (secondary N) is 1. The molecular weight excluding hydrogens is 277 g/mol. The number of nitrogen functional groups attached to an aromatic ring is 1. The predicted octanol–water partition coefficient (Wildman–Crippen LogP) is 3.31. The van der Waals surface area contributed by atoms with E-state index in [1.165, 1.54) is 6.07 Å². The summed E-state index contributed by atoms with van der Waals surface area (Å²) in [4.78, 5) is 4.20. The summed E-state index contributed by atoms with van der Waals surface area (Å²) in [5.74, 6) is -0.229. The van der Waals surface area contributed by atoms with Gasteiger partial charge in [-0.1, -0.05) is 0 Å². The zero-order chi connectivity index (χ0) is 14.5. The minimum atomic E-state index is -0.443. The molecule has 0 aliphatic rings. The maximum absolute atomic E-state index is 13.7. The normalized spacial score (nSPS) is 10.8. The van der Waals surface area contributed by atoms with Crippen molar-refractivity contribution in [3.8, 4) is 5.75 Å². The van der Waals surface area contributed by atoms with Gasteiger partial charge in [-0.3, -0.25) is 0 Å². The minimum absolute atomic E-state index is 0.0868. The highest BCUT2D eigenvalue weighted by molar-refractivity contribution is 7.09. The van der Waals surface area contributed by atoms with Crippen LogP contribution < -0.4 is 15.8 Å². The molecule has 0 saturated carbocycles. The Labute approximate surface area is 121 Å². The second-order valence-electron chi connectivity index (χ2n) is 4.64. The third-order valence-electron chi connectivity index (χ3n) is 2.60. The van der Waals surface area contributed by atoms with Crippen LogP contribution in [0.5, 0.6) is 5.75 Å². The Morgan fingerprint density at radius 2 is 2.25 bits per heavy atom. The van der Waals surface area contributed by atoms with E-state index in [0.29, 0.717) is 17.9 Å². The van der Waals surface area contributed by atoms with Crippen LogP contribution in [0.15, 0.2) is 23.7 Å². The van der Waals surface area contributed by atoms with Gasteiger partial charge in [0.2, 0.25) is 0 Å². The molecule has 0 aliphatic carbocycles. The van der Waals surface area contributed by atoms with Gasteiger partial charge in [0.05, 0.1) is 22.5 Å². The summed E-state index contributed by atoms with van der Waals surface area (Å²) in [6.45, 7) is 4.39. The third kappa shape index (κ3) is 3.84. The average molecular weight is 295 g/mol. The van der Waals surface area contributed by atoms with Crippen LogP contribution in [0.2, 0.25) is 0 Å². The van der Waals surface area contributed by atoms with Gasteiger partial charge in [0.15, 0.2) is 11.6 Å². The van der Waals surface area contributed by atoms with Crippen molar-refractivity contribution >= 4 is 22.7 Å². The molecule has 6 heteroatoms. The first-order valence-electron chi connectivity index (χ1n) is 6.44. The standard InChI is InChI=1S/C14H18FN3OS/c1-9(2)19-13-8-12(11(16)7-10(13)15)17-4-3-14-18-5-6-20-14/h5-9,17H,3-4,16H2,1-2H3. The molecular formula is C14H18FN3OS. The van der Waals surface area contributed by atoms with Crippen LogP contribution >= 0.6 is 11.3 Å². The van der Waals surface area contributed by atoms with Crippen LogP contribution in [-0.4, -0.2) is 17.6 Å². The summed E-state index contributed by atoms with van der Waals surface area (Å²) in [5.41, 5.74) is 6.86. The van der Waals surface area contributed by atoms with Gasteiger partial charge in [0.1, 0.15) is 0 Å². The Bertz CT molecular complexity index is 558. The number of nitrogens with zero attached hydrogens (tertiary/aromatic N) is 1. The SMILES string of the molecule is CC(C)Oc1cc(NCCc2nccs2)c(N)cc1F. The molecule has 2 aromatic rings.